The molecule has 3 heterocycles. The molecule has 0 saturated carbocycles. The van der Waals surface area contributed by atoms with Crippen molar-refractivity contribution in [2.24, 2.45) is 5.73 Å². The van der Waals surface area contributed by atoms with E-state index in [1.807, 2.05) is 29.2 Å². The Bertz CT molecular complexity index is 1170. The zero-order valence-electron chi connectivity index (χ0n) is 19.2. The molecule has 0 radical (unpaired) electrons. The van der Waals surface area contributed by atoms with Gasteiger partial charge in [-0.25, -0.2) is 9.78 Å². The van der Waals surface area contributed by atoms with Gasteiger partial charge in [0.1, 0.15) is 11.3 Å². The third-order valence-electron chi connectivity index (χ3n) is 6.01. The highest BCUT2D eigenvalue weighted by Gasteiger charge is 2.29. The molecule has 0 aliphatic carbocycles. The second-order valence-corrected chi connectivity index (χ2v) is 8.41. The molecule has 2 aromatic heterocycles. The van der Waals surface area contributed by atoms with Gasteiger partial charge in [0.05, 0.1) is 32.4 Å². The van der Waals surface area contributed by atoms with Crippen LogP contribution in [-0.4, -0.2) is 63.2 Å². The Labute approximate surface area is 192 Å². The van der Waals surface area contributed by atoms with Gasteiger partial charge in [-0.1, -0.05) is 25.5 Å². The monoisotopic (exact) mass is 453 g/mol. The Morgan fingerprint density at radius 2 is 2.09 bits per heavy atom. The van der Waals surface area contributed by atoms with Gasteiger partial charge in [0.25, 0.3) is 0 Å². The highest BCUT2D eigenvalue weighted by Crippen LogP contribution is 2.25. The number of nitrogens with one attached hydrogen (secondary N) is 1. The Balaban J connectivity index is 1.72. The van der Waals surface area contributed by atoms with E-state index in [1.165, 1.54) is 0 Å². The number of anilines is 1. The lowest BCUT2D eigenvalue weighted by Gasteiger charge is -2.14. The molecule has 1 aromatic carbocycles. The van der Waals surface area contributed by atoms with Crippen LogP contribution in [0.3, 0.4) is 0 Å². The number of ether oxygens (including phenoxy) is 1. The fourth-order valence-electron chi connectivity index (χ4n) is 4.32. The average Bonchev–Trinajstić information content (AvgIpc) is 3.36. The number of carbonyl (C=O) groups excluding carboxylic acids is 1. The second-order valence-electron chi connectivity index (χ2n) is 8.41. The molecule has 1 unspecified atom stereocenters. The van der Waals surface area contributed by atoms with Crippen LogP contribution in [-0.2, 0) is 11.3 Å². The van der Waals surface area contributed by atoms with Gasteiger partial charge in [0, 0.05) is 19.6 Å². The summed E-state index contributed by atoms with van der Waals surface area (Å²) in [5.41, 5.74) is 7.49. The number of imidazole rings is 1. The van der Waals surface area contributed by atoms with E-state index >= 15 is 0 Å². The molecule has 33 heavy (non-hydrogen) atoms. The summed E-state index contributed by atoms with van der Waals surface area (Å²) in [6.07, 6.45) is 4.56. The number of fused-ring (bicyclic) bond motifs is 1. The van der Waals surface area contributed by atoms with Crippen molar-refractivity contribution in [2.75, 3.05) is 38.6 Å². The first kappa shape index (κ1) is 22.8. The van der Waals surface area contributed by atoms with Crippen molar-refractivity contribution in [1.29, 1.82) is 0 Å². The van der Waals surface area contributed by atoms with E-state index < -0.39 is 0 Å². The maximum atomic E-state index is 13.6. The fraction of sp³-hybridized carbons (Fsp3) is 0.478. The molecule has 1 aliphatic rings. The van der Waals surface area contributed by atoms with Crippen molar-refractivity contribution in [3.63, 3.8) is 0 Å². The van der Waals surface area contributed by atoms with Crippen LogP contribution >= 0.6 is 0 Å². The number of hydrogen-bond donors (Lipinski definition) is 2. The maximum Gasteiger partial charge on any atom is 0.330 e. The van der Waals surface area contributed by atoms with E-state index in [1.54, 1.807) is 22.4 Å². The first-order valence-electron chi connectivity index (χ1n) is 11.4. The summed E-state index contributed by atoms with van der Waals surface area (Å²) in [6.45, 7) is 4.77. The van der Waals surface area contributed by atoms with E-state index in [-0.39, 0.29) is 24.2 Å². The van der Waals surface area contributed by atoms with Crippen LogP contribution in [0.15, 0.2) is 35.3 Å². The summed E-state index contributed by atoms with van der Waals surface area (Å²) >= 11 is 0. The summed E-state index contributed by atoms with van der Waals surface area (Å²) in [7, 11) is 1.63. The van der Waals surface area contributed by atoms with Crippen molar-refractivity contribution in [2.45, 2.75) is 38.8 Å². The topological polar surface area (TPSA) is 120 Å². The first-order valence-corrected chi connectivity index (χ1v) is 11.4. The average molecular weight is 454 g/mol. The molecule has 1 amide bonds. The molecule has 10 nitrogen and oxygen atoms in total. The third kappa shape index (κ3) is 5.00. The zero-order chi connectivity index (χ0) is 23.4. The number of nitrogens with two attached hydrogens (primary N) is 1. The number of carbonyl (C=O) groups is 1. The lowest BCUT2D eigenvalue weighted by Crippen LogP contribution is -2.33. The number of primary amides is 1. The quantitative estimate of drug-likeness (QED) is 0.447. The SMILES string of the molecule is CCCCNc1ncc2c(n1)n(Cc1ccc(OC)cc1)c(=O)n2C1CCN(CC(N)=O)C1. The van der Waals surface area contributed by atoms with E-state index in [4.69, 9.17) is 15.5 Å². The molecule has 3 N–H and O–H groups in total. The highest BCUT2D eigenvalue weighted by molar-refractivity contribution is 5.76. The summed E-state index contributed by atoms with van der Waals surface area (Å²) in [5, 5.41) is 3.25. The van der Waals surface area contributed by atoms with Gasteiger partial charge < -0.3 is 15.8 Å². The summed E-state index contributed by atoms with van der Waals surface area (Å²) in [6, 6.07) is 7.58. The van der Waals surface area contributed by atoms with Crippen LogP contribution < -0.4 is 21.5 Å². The van der Waals surface area contributed by atoms with Crippen molar-refractivity contribution in [3.8, 4) is 5.75 Å². The molecule has 0 bridgehead atoms. The maximum absolute atomic E-state index is 13.6. The number of nitrogens with zero attached hydrogens (tertiary/aromatic N) is 5. The number of hydrogen-bond acceptors (Lipinski definition) is 7. The van der Waals surface area contributed by atoms with Crippen LogP contribution in [0, 0.1) is 0 Å². The van der Waals surface area contributed by atoms with E-state index in [2.05, 4.69) is 17.2 Å². The van der Waals surface area contributed by atoms with Crippen molar-refractivity contribution in [1.82, 2.24) is 24.0 Å². The minimum Gasteiger partial charge on any atom is -0.497 e. The van der Waals surface area contributed by atoms with Gasteiger partial charge >= 0.3 is 5.69 Å². The second kappa shape index (κ2) is 10.0. The molecule has 1 fully saturated rings. The van der Waals surface area contributed by atoms with Crippen LogP contribution in [0.5, 0.6) is 5.75 Å². The minimum absolute atomic E-state index is 0.0704. The standard InChI is InChI=1S/C23H31N7O3/c1-3-4-10-25-22-26-12-19-21(27-22)29(13-16-5-7-18(33-2)8-6-16)23(32)30(19)17-9-11-28(14-17)15-20(24)31/h5-8,12,17H,3-4,9-11,13-15H2,1-2H3,(H2,24,31)(H,25,26,27). The lowest BCUT2D eigenvalue weighted by atomic mass is 10.2. The van der Waals surface area contributed by atoms with E-state index in [0.717, 1.165) is 37.1 Å². The Hall–Kier alpha value is -3.40. The normalized spacial score (nSPS) is 16.4. The molecule has 0 spiro atoms. The zero-order valence-corrected chi connectivity index (χ0v) is 19.2. The predicted octanol–water partition coefficient (Wildman–Crippen LogP) is 1.59. The number of likely N-dealkylation sites (tertiary alicyclic amines) is 1. The largest absolute Gasteiger partial charge is 0.497 e. The van der Waals surface area contributed by atoms with Crippen LogP contribution in [0.25, 0.3) is 11.2 Å². The molecule has 1 atom stereocenters. The Morgan fingerprint density at radius 1 is 1.30 bits per heavy atom. The number of methoxy groups -OCH3 is 1. The molecular formula is C23H31N7O3. The third-order valence-corrected chi connectivity index (χ3v) is 6.01. The molecular weight excluding hydrogens is 422 g/mol. The predicted molar refractivity (Wildman–Crippen MR) is 127 cm³/mol. The lowest BCUT2D eigenvalue weighted by molar-refractivity contribution is -0.118. The van der Waals surface area contributed by atoms with Gasteiger partial charge in [-0.15, -0.1) is 0 Å². The first-order chi connectivity index (χ1) is 16.0. The highest BCUT2D eigenvalue weighted by atomic mass is 16.5. The number of unbranched alkanes of at least 4 members (excludes halogenated alkanes) is 1. The van der Waals surface area contributed by atoms with Crippen LogP contribution in [0.4, 0.5) is 5.95 Å². The van der Waals surface area contributed by atoms with E-state index in [0.29, 0.717) is 36.7 Å². The minimum atomic E-state index is -0.365. The summed E-state index contributed by atoms with van der Waals surface area (Å²) in [5.74, 6) is 0.910. The van der Waals surface area contributed by atoms with Gasteiger partial charge in [-0.3, -0.25) is 18.8 Å². The summed E-state index contributed by atoms with van der Waals surface area (Å²) in [4.78, 5) is 36.1. The van der Waals surface area contributed by atoms with Crippen molar-refractivity contribution < 1.29 is 9.53 Å². The number of benzene rings is 1. The van der Waals surface area contributed by atoms with Crippen molar-refractivity contribution >= 4 is 23.0 Å². The van der Waals surface area contributed by atoms with Crippen molar-refractivity contribution in [3.05, 3.63) is 46.5 Å². The number of aromatic nitrogens is 4. The summed E-state index contributed by atoms with van der Waals surface area (Å²) < 4.78 is 8.71. The van der Waals surface area contributed by atoms with Gasteiger partial charge in [-0.05, 0) is 30.5 Å². The molecule has 10 heteroatoms. The molecule has 1 saturated heterocycles. The van der Waals surface area contributed by atoms with Gasteiger partial charge in [0.15, 0.2) is 5.65 Å². The number of rotatable bonds is 10. The molecule has 176 valence electrons. The molecule has 4 rings (SSSR count). The fourth-order valence-corrected chi connectivity index (χ4v) is 4.32. The van der Waals surface area contributed by atoms with Gasteiger partial charge in [-0.2, -0.15) is 4.98 Å². The van der Waals surface area contributed by atoms with Gasteiger partial charge in [0.2, 0.25) is 11.9 Å². The Kier molecular flexibility index (Phi) is 6.93. The Morgan fingerprint density at radius 3 is 2.79 bits per heavy atom. The molecule has 3 aromatic rings. The smallest absolute Gasteiger partial charge is 0.330 e. The van der Waals surface area contributed by atoms with Crippen LogP contribution in [0.1, 0.15) is 37.8 Å². The van der Waals surface area contributed by atoms with Crippen LogP contribution in [0.2, 0.25) is 0 Å². The molecule has 1 aliphatic heterocycles. The van der Waals surface area contributed by atoms with E-state index in [9.17, 15) is 9.59 Å². The number of amides is 1.